The molecule has 28 heavy (non-hydrogen) atoms. The maximum atomic E-state index is 12.4. The van der Waals surface area contributed by atoms with Gasteiger partial charge in [0.15, 0.2) is 5.82 Å². The Balaban J connectivity index is 1.69. The summed E-state index contributed by atoms with van der Waals surface area (Å²) in [5.41, 5.74) is 0.978. The van der Waals surface area contributed by atoms with Crippen molar-refractivity contribution < 1.29 is 14.3 Å². The molecule has 1 aromatic rings. The lowest BCUT2D eigenvalue weighted by molar-refractivity contribution is -0.118. The fourth-order valence-corrected chi connectivity index (χ4v) is 3.79. The van der Waals surface area contributed by atoms with Crippen LogP contribution in [0.3, 0.4) is 0 Å². The molecule has 1 aromatic heterocycles. The summed E-state index contributed by atoms with van der Waals surface area (Å²) < 4.78 is 5.40. The maximum Gasteiger partial charge on any atom is 0.410 e. The number of amides is 2. The number of ether oxygens (including phenoxy) is 1. The Bertz CT molecular complexity index is 781. The first-order chi connectivity index (χ1) is 13.0. The number of aryl methyl sites for hydroxylation is 1. The zero-order chi connectivity index (χ0) is 20.8. The monoisotopic (exact) mass is 389 g/mol. The van der Waals surface area contributed by atoms with Crippen molar-refractivity contribution in [3.8, 4) is 0 Å². The fraction of sp³-hybridized carbons (Fsp3) is 0.700. The van der Waals surface area contributed by atoms with Gasteiger partial charge in [0.1, 0.15) is 23.2 Å². The SMILES string of the molecule is Cc1nc(CC2CN(C(=O)OC(C)(C)C)C2)nc2c1NC(=O)[C@H](C(C)C)N2C. The van der Waals surface area contributed by atoms with Crippen molar-refractivity contribution in [3.05, 3.63) is 11.5 Å². The summed E-state index contributed by atoms with van der Waals surface area (Å²) in [5, 5.41) is 2.97. The van der Waals surface area contributed by atoms with Gasteiger partial charge in [0.2, 0.25) is 5.91 Å². The van der Waals surface area contributed by atoms with E-state index < -0.39 is 5.60 Å². The molecule has 0 radical (unpaired) electrons. The van der Waals surface area contributed by atoms with Gasteiger partial charge in [-0.2, -0.15) is 0 Å². The van der Waals surface area contributed by atoms with Gasteiger partial charge in [-0.3, -0.25) is 4.79 Å². The lowest BCUT2D eigenvalue weighted by Crippen LogP contribution is -2.52. The Hall–Kier alpha value is -2.38. The van der Waals surface area contributed by atoms with Gasteiger partial charge < -0.3 is 19.9 Å². The molecule has 3 rings (SSSR count). The van der Waals surface area contributed by atoms with Crippen LogP contribution in [-0.4, -0.2) is 58.6 Å². The highest BCUT2D eigenvalue weighted by atomic mass is 16.6. The number of anilines is 2. The van der Waals surface area contributed by atoms with E-state index in [0.29, 0.717) is 31.1 Å². The number of hydrogen-bond donors (Lipinski definition) is 1. The first-order valence-corrected chi connectivity index (χ1v) is 9.85. The van der Waals surface area contributed by atoms with Crippen LogP contribution in [0.5, 0.6) is 0 Å². The maximum absolute atomic E-state index is 12.4. The number of likely N-dealkylation sites (tertiary alicyclic amines) is 1. The van der Waals surface area contributed by atoms with Crippen molar-refractivity contribution in [2.75, 3.05) is 30.4 Å². The molecule has 1 atom stereocenters. The number of hydrogen-bond acceptors (Lipinski definition) is 6. The van der Waals surface area contributed by atoms with Gasteiger partial charge in [-0.25, -0.2) is 14.8 Å². The number of nitrogens with zero attached hydrogens (tertiary/aromatic N) is 4. The summed E-state index contributed by atoms with van der Waals surface area (Å²) in [4.78, 5) is 37.5. The van der Waals surface area contributed by atoms with Crippen LogP contribution >= 0.6 is 0 Å². The highest BCUT2D eigenvalue weighted by Crippen LogP contribution is 2.34. The second-order valence-corrected chi connectivity index (χ2v) is 9.17. The topological polar surface area (TPSA) is 87.7 Å². The molecular weight excluding hydrogens is 358 g/mol. The van der Waals surface area contributed by atoms with Crippen LogP contribution in [0.4, 0.5) is 16.3 Å². The molecule has 0 unspecified atom stereocenters. The first kappa shape index (κ1) is 20.4. The summed E-state index contributed by atoms with van der Waals surface area (Å²) in [7, 11) is 1.91. The summed E-state index contributed by atoms with van der Waals surface area (Å²) in [6, 6.07) is -0.249. The van der Waals surface area contributed by atoms with Gasteiger partial charge in [-0.1, -0.05) is 13.8 Å². The molecule has 2 aliphatic heterocycles. The zero-order valence-electron chi connectivity index (χ0n) is 17.9. The van der Waals surface area contributed by atoms with E-state index in [9.17, 15) is 9.59 Å². The average Bonchev–Trinajstić information content (AvgIpc) is 2.49. The number of aromatic nitrogens is 2. The Labute approximate surface area is 166 Å². The van der Waals surface area contributed by atoms with E-state index in [4.69, 9.17) is 9.72 Å². The van der Waals surface area contributed by atoms with E-state index >= 15 is 0 Å². The minimum Gasteiger partial charge on any atom is -0.444 e. The minimum absolute atomic E-state index is 0.0172. The van der Waals surface area contributed by atoms with E-state index in [1.165, 1.54) is 0 Å². The zero-order valence-corrected chi connectivity index (χ0v) is 17.9. The third kappa shape index (κ3) is 4.05. The smallest absolute Gasteiger partial charge is 0.410 e. The van der Waals surface area contributed by atoms with Gasteiger partial charge in [-0.05, 0) is 33.6 Å². The van der Waals surface area contributed by atoms with Crippen LogP contribution in [0, 0.1) is 18.8 Å². The average molecular weight is 390 g/mol. The minimum atomic E-state index is -0.483. The highest BCUT2D eigenvalue weighted by Gasteiger charge is 2.37. The molecule has 3 heterocycles. The van der Waals surface area contributed by atoms with Crippen LogP contribution in [0.1, 0.15) is 46.1 Å². The predicted octanol–water partition coefficient (Wildman–Crippen LogP) is 2.61. The van der Waals surface area contributed by atoms with Crippen molar-refractivity contribution in [1.82, 2.24) is 14.9 Å². The molecule has 154 valence electrons. The summed E-state index contributed by atoms with van der Waals surface area (Å²) in [6.45, 7) is 12.8. The molecule has 1 saturated heterocycles. The molecule has 8 heteroatoms. The molecule has 0 spiro atoms. The van der Waals surface area contributed by atoms with Gasteiger partial charge in [0.05, 0.1) is 5.69 Å². The number of fused-ring (bicyclic) bond motifs is 1. The van der Waals surface area contributed by atoms with E-state index in [-0.39, 0.29) is 24.0 Å². The van der Waals surface area contributed by atoms with E-state index in [1.807, 2.05) is 53.5 Å². The van der Waals surface area contributed by atoms with Crippen molar-refractivity contribution in [3.63, 3.8) is 0 Å². The van der Waals surface area contributed by atoms with Gasteiger partial charge >= 0.3 is 6.09 Å². The second kappa shape index (κ2) is 7.22. The molecule has 0 aromatic carbocycles. The van der Waals surface area contributed by atoms with Crippen LogP contribution in [-0.2, 0) is 16.0 Å². The van der Waals surface area contributed by atoms with Crippen molar-refractivity contribution in [1.29, 1.82) is 0 Å². The van der Waals surface area contributed by atoms with E-state index in [2.05, 4.69) is 10.3 Å². The second-order valence-electron chi connectivity index (χ2n) is 9.17. The Morgan fingerprint density at radius 1 is 1.29 bits per heavy atom. The van der Waals surface area contributed by atoms with E-state index in [1.54, 1.807) is 4.90 Å². The standard InChI is InChI=1S/C20H31N5O3/c1-11(2)16-18(26)23-15-12(3)21-14(22-17(15)24(16)7)8-13-9-25(10-13)19(27)28-20(4,5)6/h11,13,16H,8-10H2,1-7H3,(H,23,26)/t16-/m0/s1. The van der Waals surface area contributed by atoms with Crippen LogP contribution in [0.15, 0.2) is 0 Å². The number of nitrogens with one attached hydrogen (secondary N) is 1. The Kier molecular flexibility index (Phi) is 5.25. The van der Waals surface area contributed by atoms with Crippen molar-refractivity contribution in [2.45, 2.75) is 59.6 Å². The normalized spacial score (nSPS) is 20.0. The molecule has 1 N–H and O–H groups in total. The Morgan fingerprint density at radius 3 is 2.50 bits per heavy atom. The van der Waals surface area contributed by atoms with Crippen LogP contribution < -0.4 is 10.2 Å². The summed E-state index contributed by atoms with van der Waals surface area (Å²) in [6.07, 6.45) is 0.426. The quantitative estimate of drug-likeness (QED) is 0.855. The lowest BCUT2D eigenvalue weighted by atomic mass is 9.96. The van der Waals surface area contributed by atoms with Gasteiger partial charge in [0, 0.05) is 32.5 Å². The molecular formula is C20H31N5O3. The van der Waals surface area contributed by atoms with Gasteiger partial charge in [0.25, 0.3) is 0 Å². The predicted molar refractivity (Wildman–Crippen MR) is 107 cm³/mol. The largest absolute Gasteiger partial charge is 0.444 e. The number of rotatable bonds is 3. The summed E-state index contributed by atoms with van der Waals surface area (Å²) in [5.74, 6) is 1.98. The number of carbonyl (C=O) groups is 2. The van der Waals surface area contributed by atoms with Crippen molar-refractivity contribution >= 4 is 23.5 Å². The molecule has 0 bridgehead atoms. The van der Waals surface area contributed by atoms with Crippen molar-refractivity contribution in [2.24, 2.45) is 11.8 Å². The highest BCUT2D eigenvalue weighted by molar-refractivity contribution is 6.03. The molecule has 2 amide bonds. The molecule has 8 nitrogen and oxygen atoms in total. The van der Waals surface area contributed by atoms with Crippen LogP contribution in [0.25, 0.3) is 0 Å². The Morgan fingerprint density at radius 2 is 1.93 bits per heavy atom. The lowest BCUT2D eigenvalue weighted by Gasteiger charge is -2.40. The molecule has 2 aliphatic rings. The van der Waals surface area contributed by atoms with E-state index in [0.717, 1.165) is 17.3 Å². The molecule has 0 saturated carbocycles. The van der Waals surface area contributed by atoms with Gasteiger partial charge in [-0.15, -0.1) is 0 Å². The first-order valence-electron chi connectivity index (χ1n) is 9.85. The fourth-order valence-electron chi connectivity index (χ4n) is 3.79. The third-order valence-corrected chi connectivity index (χ3v) is 5.10. The number of carbonyl (C=O) groups excluding carboxylic acids is 2. The summed E-state index contributed by atoms with van der Waals surface area (Å²) >= 11 is 0. The molecule has 1 fully saturated rings. The number of likely N-dealkylation sites (N-methyl/N-ethyl adjacent to an activating group) is 1. The third-order valence-electron chi connectivity index (χ3n) is 5.10. The molecule has 0 aliphatic carbocycles. The van der Waals surface area contributed by atoms with Crippen LogP contribution in [0.2, 0.25) is 0 Å².